The maximum Gasteiger partial charge on any atom is 0.120 e. The number of aromatic nitrogens is 1. The van der Waals surface area contributed by atoms with Crippen molar-refractivity contribution in [3.05, 3.63) is 29.5 Å². The Morgan fingerprint density at radius 3 is 2.95 bits per heavy atom. The lowest BCUT2D eigenvalue weighted by Gasteiger charge is -2.26. The van der Waals surface area contributed by atoms with Crippen molar-refractivity contribution >= 4 is 10.9 Å². The topological polar surface area (TPSA) is 40.3 Å². The Morgan fingerprint density at radius 2 is 2.14 bits per heavy atom. The third-order valence-corrected chi connectivity index (χ3v) is 5.19. The van der Waals surface area contributed by atoms with Gasteiger partial charge in [-0.15, -0.1) is 0 Å². The molecule has 4 rings (SSSR count). The van der Waals surface area contributed by atoms with Gasteiger partial charge in [-0.3, -0.25) is 0 Å². The largest absolute Gasteiger partial charge is 0.497 e. The van der Waals surface area contributed by atoms with Crippen LogP contribution in [0.2, 0.25) is 0 Å². The third-order valence-electron chi connectivity index (χ3n) is 5.19. The summed E-state index contributed by atoms with van der Waals surface area (Å²) in [5.41, 5.74) is 4.11. The lowest BCUT2D eigenvalue weighted by atomic mass is 9.97. The van der Waals surface area contributed by atoms with Crippen LogP contribution in [0, 0.1) is 0 Å². The maximum absolute atomic E-state index is 5.35. The number of ether oxygens (including phenoxy) is 1. The first-order chi connectivity index (χ1) is 10.8. The van der Waals surface area contributed by atoms with Gasteiger partial charge in [-0.25, -0.2) is 0 Å². The maximum atomic E-state index is 5.35. The molecule has 4 heteroatoms. The Hall–Kier alpha value is -1.52. The van der Waals surface area contributed by atoms with Gasteiger partial charge in [-0.2, -0.15) is 0 Å². The highest BCUT2D eigenvalue weighted by molar-refractivity contribution is 5.86. The molecule has 118 valence electrons. The molecule has 2 aromatic rings. The Labute approximate surface area is 131 Å². The van der Waals surface area contributed by atoms with E-state index in [2.05, 4.69) is 33.4 Å². The number of fused-ring (bicyclic) bond motifs is 3. The molecule has 0 aliphatic carbocycles. The van der Waals surface area contributed by atoms with Crippen LogP contribution in [-0.2, 0) is 6.42 Å². The Bertz CT molecular complexity index is 658. The summed E-state index contributed by atoms with van der Waals surface area (Å²) in [7, 11) is 1.73. The second-order valence-electron chi connectivity index (χ2n) is 6.52. The molecule has 0 unspecified atom stereocenters. The highest BCUT2D eigenvalue weighted by atomic mass is 16.5. The summed E-state index contributed by atoms with van der Waals surface area (Å²) in [5.74, 6) is 0.924. The molecule has 0 amide bonds. The van der Waals surface area contributed by atoms with E-state index in [4.69, 9.17) is 4.74 Å². The van der Waals surface area contributed by atoms with Crippen LogP contribution in [-0.4, -0.2) is 43.2 Å². The van der Waals surface area contributed by atoms with Gasteiger partial charge in [0.1, 0.15) is 5.75 Å². The van der Waals surface area contributed by atoms with Gasteiger partial charge in [-0.1, -0.05) is 0 Å². The van der Waals surface area contributed by atoms with E-state index in [-0.39, 0.29) is 0 Å². The molecule has 2 N–H and O–H groups in total. The predicted molar refractivity (Wildman–Crippen MR) is 89.6 cm³/mol. The van der Waals surface area contributed by atoms with E-state index in [1.165, 1.54) is 61.1 Å². The normalized spacial score (nSPS) is 22.1. The third kappa shape index (κ3) is 2.50. The quantitative estimate of drug-likeness (QED) is 0.912. The molecule has 2 aliphatic heterocycles. The van der Waals surface area contributed by atoms with Gasteiger partial charge in [0.25, 0.3) is 0 Å². The van der Waals surface area contributed by atoms with Crippen molar-refractivity contribution in [2.75, 3.05) is 33.3 Å². The van der Waals surface area contributed by atoms with Crippen molar-refractivity contribution in [2.45, 2.75) is 31.7 Å². The molecule has 0 radical (unpaired) electrons. The second kappa shape index (κ2) is 5.94. The molecular formula is C18H25N3O. The number of hydrogen-bond acceptors (Lipinski definition) is 3. The lowest BCUT2D eigenvalue weighted by molar-refractivity contribution is 0.305. The molecule has 0 spiro atoms. The highest BCUT2D eigenvalue weighted by Crippen LogP contribution is 2.33. The number of H-pyrrole nitrogens is 1. The Morgan fingerprint density at radius 1 is 1.27 bits per heavy atom. The van der Waals surface area contributed by atoms with Gasteiger partial charge in [0.2, 0.25) is 0 Å². The lowest BCUT2D eigenvalue weighted by Crippen LogP contribution is -2.33. The SMILES string of the molecule is COc1ccc2c3c([nH]c2c1)[C@H](CCN1CCCC1)NCC3. The van der Waals surface area contributed by atoms with Gasteiger partial charge >= 0.3 is 0 Å². The van der Waals surface area contributed by atoms with Crippen LogP contribution in [0.4, 0.5) is 0 Å². The average molecular weight is 299 g/mol. The number of benzene rings is 1. The van der Waals surface area contributed by atoms with Crippen LogP contribution in [0.3, 0.4) is 0 Å². The van der Waals surface area contributed by atoms with E-state index in [9.17, 15) is 0 Å². The van der Waals surface area contributed by atoms with Crippen LogP contribution in [0.1, 0.15) is 36.6 Å². The Kier molecular flexibility index (Phi) is 3.80. The molecule has 22 heavy (non-hydrogen) atoms. The van der Waals surface area contributed by atoms with Crippen LogP contribution in [0.25, 0.3) is 10.9 Å². The number of nitrogens with zero attached hydrogens (tertiary/aromatic N) is 1. The predicted octanol–water partition coefficient (Wildman–Crippen LogP) is 2.85. The molecule has 1 saturated heterocycles. The fourth-order valence-electron chi connectivity index (χ4n) is 3.99. The van der Waals surface area contributed by atoms with Gasteiger partial charge < -0.3 is 19.9 Å². The monoisotopic (exact) mass is 299 g/mol. The smallest absolute Gasteiger partial charge is 0.120 e. The first kappa shape index (κ1) is 14.1. The van der Waals surface area contributed by atoms with Crippen molar-refractivity contribution < 1.29 is 4.74 Å². The van der Waals surface area contributed by atoms with Crippen molar-refractivity contribution in [2.24, 2.45) is 0 Å². The molecular weight excluding hydrogens is 274 g/mol. The summed E-state index contributed by atoms with van der Waals surface area (Å²) >= 11 is 0. The molecule has 1 atom stereocenters. The van der Waals surface area contributed by atoms with Crippen LogP contribution in [0.5, 0.6) is 5.75 Å². The zero-order valence-electron chi connectivity index (χ0n) is 13.3. The fraction of sp³-hybridized carbons (Fsp3) is 0.556. The summed E-state index contributed by atoms with van der Waals surface area (Å²) < 4.78 is 5.35. The second-order valence-corrected chi connectivity index (χ2v) is 6.52. The first-order valence-electron chi connectivity index (χ1n) is 8.49. The molecule has 0 saturated carbocycles. The van der Waals surface area contributed by atoms with E-state index in [0.717, 1.165) is 18.7 Å². The molecule has 1 fully saturated rings. The minimum absolute atomic E-state index is 0.461. The van der Waals surface area contributed by atoms with Crippen molar-refractivity contribution in [1.29, 1.82) is 0 Å². The molecule has 3 heterocycles. The zero-order valence-corrected chi connectivity index (χ0v) is 13.3. The van der Waals surface area contributed by atoms with E-state index in [0.29, 0.717) is 6.04 Å². The summed E-state index contributed by atoms with van der Waals surface area (Å²) in [6, 6.07) is 6.85. The molecule has 1 aromatic carbocycles. The minimum atomic E-state index is 0.461. The molecule has 1 aromatic heterocycles. The average Bonchev–Trinajstić information content (AvgIpc) is 3.19. The number of likely N-dealkylation sites (tertiary alicyclic amines) is 1. The number of nitrogens with one attached hydrogen (secondary N) is 2. The summed E-state index contributed by atoms with van der Waals surface area (Å²) in [4.78, 5) is 6.25. The number of rotatable bonds is 4. The van der Waals surface area contributed by atoms with Crippen LogP contribution in [0.15, 0.2) is 18.2 Å². The van der Waals surface area contributed by atoms with Crippen LogP contribution < -0.4 is 10.1 Å². The van der Waals surface area contributed by atoms with Crippen molar-refractivity contribution in [1.82, 2.24) is 15.2 Å². The van der Waals surface area contributed by atoms with Crippen molar-refractivity contribution in [3.8, 4) is 5.75 Å². The van der Waals surface area contributed by atoms with E-state index in [1.54, 1.807) is 7.11 Å². The molecule has 0 bridgehead atoms. The number of hydrogen-bond donors (Lipinski definition) is 2. The van der Waals surface area contributed by atoms with Gasteiger partial charge in [0.05, 0.1) is 7.11 Å². The minimum Gasteiger partial charge on any atom is -0.497 e. The number of methoxy groups -OCH3 is 1. The zero-order chi connectivity index (χ0) is 14.9. The van der Waals surface area contributed by atoms with Gasteiger partial charge in [-0.05, 0) is 69.6 Å². The van der Waals surface area contributed by atoms with Crippen molar-refractivity contribution in [3.63, 3.8) is 0 Å². The number of aromatic amines is 1. The fourth-order valence-corrected chi connectivity index (χ4v) is 3.99. The molecule has 2 aliphatic rings. The summed E-state index contributed by atoms with van der Waals surface area (Å²) in [6.45, 7) is 4.85. The van der Waals surface area contributed by atoms with E-state index in [1.807, 2.05) is 0 Å². The van der Waals surface area contributed by atoms with E-state index < -0.39 is 0 Å². The Balaban J connectivity index is 1.59. The standard InChI is InChI=1S/C18H25N3O/c1-22-13-4-5-14-15-6-8-19-16(18(15)20-17(14)12-13)7-11-21-9-2-3-10-21/h4-5,12,16,19-20H,2-3,6-11H2,1H3/t16-/m0/s1. The van der Waals surface area contributed by atoms with Gasteiger partial charge in [0.15, 0.2) is 0 Å². The molecule has 4 nitrogen and oxygen atoms in total. The van der Waals surface area contributed by atoms with Gasteiger partial charge in [0, 0.05) is 28.7 Å². The first-order valence-corrected chi connectivity index (χ1v) is 8.49. The summed E-state index contributed by atoms with van der Waals surface area (Å²) in [6.07, 6.45) is 5.05. The highest BCUT2D eigenvalue weighted by Gasteiger charge is 2.24. The van der Waals surface area contributed by atoms with Crippen LogP contribution >= 0.6 is 0 Å². The summed E-state index contributed by atoms with van der Waals surface area (Å²) in [5, 5.41) is 5.06. The van der Waals surface area contributed by atoms with E-state index >= 15 is 0 Å².